The third-order valence-corrected chi connectivity index (χ3v) is 5.02. The van der Waals surface area contributed by atoms with E-state index in [2.05, 4.69) is 11.4 Å². The second-order valence-electron chi connectivity index (χ2n) is 6.50. The van der Waals surface area contributed by atoms with Crippen LogP contribution in [-0.4, -0.2) is 11.9 Å². The fourth-order valence-corrected chi connectivity index (χ4v) is 3.77. The highest BCUT2D eigenvalue weighted by Crippen LogP contribution is 2.31. The number of carbonyl (C=O) groups is 2. The van der Waals surface area contributed by atoms with Crippen LogP contribution in [0.3, 0.4) is 0 Å². The van der Waals surface area contributed by atoms with E-state index in [1.807, 2.05) is 12.1 Å². The summed E-state index contributed by atoms with van der Waals surface area (Å²) in [5.74, 6) is -2.38. The molecule has 1 aromatic carbocycles. The molecule has 0 radical (unpaired) electrons. The van der Waals surface area contributed by atoms with Crippen molar-refractivity contribution in [1.29, 1.82) is 0 Å². The van der Waals surface area contributed by atoms with Crippen molar-refractivity contribution in [2.75, 3.05) is 5.32 Å². The molecule has 4 nitrogen and oxygen atoms in total. The Morgan fingerprint density at radius 2 is 1.64 bits per heavy atom. The summed E-state index contributed by atoms with van der Waals surface area (Å²) in [6.07, 6.45) is 7.55. The van der Waals surface area contributed by atoms with Gasteiger partial charge in [0, 0.05) is 23.5 Å². The van der Waals surface area contributed by atoms with E-state index in [9.17, 15) is 14.7 Å². The maximum atomic E-state index is 12.4. The number of hydrogen-bond acceptors (Lipinski definition) is 3. The zero-order valence-electron chi connectivity index (χ0n) is 12.8. The van der Waals surface area contributed by atoms with Crippen LogP contribution in [-0.2, 0) is 22.4 Å². The van der Waals surface area contributed by atoms with Gasteiger partial charge in [0.25, 0.3) is 0 Å². The van der Waals surface area contributed by atoms with Crippen LogP contribution in [0.5, 0.6) is 0 Å². The quantitative estimate of drug-likeness (QED) is 0.929. The van der Waals surface area contributed by atoms with Crippen molar-refractivity contribution >= 4 is 17.6 Å². The summed E-state index contributed by atoms with van der Waals surface area (Å²) in [7, 11) is 0. The maximum Gasteiger partial charge on any atom is 0.228 e. The van der Waals surface area contributed by atoms with Gasteiger partial charge in [0.2, 0.25) is 5.91 Å². The molecule has 1 N–H and O–H groups in total. The van der Waals surface area contributed by atoms with E-state index in [0.717, 1.165) is 31.4 Å². The Morgan fingerprint density at radius 3 is 2.36 bits per heavy atom. The molecule has 22 heavy (non-hydrogen) atoms. The van der Waals surface area contributed by atoms with Crippen LogP contribution in [0, 0.1) is 11.8 Å². The first-order chi connectivity index (χ1) is 10.6. The molecule has 1 aromatic rings. The van der Waals surface area contributed by atoms with Crippen LogP contribution in [0.4, 0.5) is 5.69 Å². The molecule has 0 aromatic heterocycles. The van der Waals surface area contributed by atoms with Gasteiger partial charge in [0.05, 0.1) is 0 Å². The number of amides is 1. The lowest BCUT2D eigenvalue weighted by atomic mass is 9.78. The van der Waals surface area contributed by atoms with Gasteiger partial charge in [-0.2, -0.15) is 0 Å². The fourth-order valence-electron chi connectivity index (χ4n) is 3.77. The Bertz CT molecular complexity index is 582. The zero-order valence-corrected chi connectivity index (χ0v) is 12.8. The van der Waals surface area contributed by atoms with Crippen LogP contribution in [0.1, 0.15) is 49.7 Å². The predicted molar refractivity (Wildman–Crippen MR) is 82.2 cm³/mol. The van der Waals surface area contributed by atoms with Gasteiger partial charge in [0.15, 0.2) is 0 Å². The zero-order chi connectivity index (χ0) is 15.5. The average molecular weight is 300 g/mol. The second kappa shape index (κ2) is 6.51. The van der Waals surface area contributed by atoms with E-state index >= 15 is 0 Å². The van der Waals surface area contributed by atoms with E-state index in [0.29, 0.717) is 12.8 Å². The molecule has 0 unspecified atom stereocenters. The lowest BCUT2D eigenvalue weighted by molar-refractivity contribution is -0.313. The van der Waals surface area contributed by atoms with Gasteiger partial charge in [-0.3, -0.25) is 4.79 Å². The number of carboxylic acid groups (broad SMARTS) is 1. The number of fused-ring (bicyclic) bond motifs is 1. The lowest BCUT2D eigenvalue weighted by Crippen LogP contribution is -2.42. The number of anilines is 1. The number of carbonyl (C=O) groups excluding carboxylic acids is 2. The predicted octanol–water partition coefficient (Wildman–Crippen LogP) is 2.06. The summed E-state index contributed by atoms with van der Waals surface area (Å²) >= 11 is 0. The normalized spacial score (nSPS) is 24.4. The van der Waals surface area contributed by atoms with Crippen molar-refractivity contribution in [3.05, 3.63) is 29.3 Å². The van der Waals surface area contributed by atoms with Crippen LogP contribution in [0.25, 0.3) is 0 Å². The summed E-state index contributed by atoms with van der Waals surface area (Å²) < 4.78 is 0. The molecule has 4 heteroatoms. The second-order valence-corrected chi connectivity index (χ2v) is 6.50. The Balaban J connectivity index is 1.71. The third-order valence-electron chi connectivity index (χ3n) is 5.02. The Labute approximate surface area is 130 Å². The largest absolute Gasteiger partial charge is 0.550 e. The van der Waals surface area contributed by atoms with Crippen LogP contribution in [0.2, 0.25) is 0 Å². The highest BCUT2D eigenvalue weighted by molar-refractivity contribution is 5.95. The minimum absolute atomic E-state index is 0.176. The SMILES string of the molecule is O=C([O-])[C@@H]1CCCC[C@H]1C(=O)Nc1ccc2c(c1)CCCC2. The first-order valence-corrected chi connectivity index (χ1v) is 8.28. The minimum Gasteiger partial charge on any atom is -0.550 e. The average Bonchev–Trinajstić information content (AvgIpc) is 2.54. The van der Waals surface area contributed by atoms with Crippen molar-refractivity contribution in [2.24, 2.45) is 11.8 Å². The molecule has 2 aliphatic carbocycles. The smallest absolute Gasteiger partial charge is 0.228 e. The van der Waals surface area contributed by atoms with Crippen LogP contribution in [0.15, 0.2) is 18.2 Å². The minimum atomic E-state index is -1.09. The molecule has 0 bridgehead atoms. The van der Waals surface area contributed by atoms with E-state index in [4.69, 9.17) is 0 Å². The molecule has 0 heterocycles. The third kappa shape index (κ3) is 3.16. The van der Waals surface area contributed by atoms with Crippen LogP contribution < -0.4 is 10.4 Å². The molecule has 0 saturated heterocycles. The molecule has 1 amide bonds. The molecular weight excluding hydrogens is 278 g/mol. The summed E-state index contributed by atoms with van der Waals surface area (Å²) in [5, 5.41) is 14.1. The molecule has 0 aliphatic heterocycles. The maximum absolute atomic E-state index is 12.4. The fraction of sp³-hybridized carbons (Fsp3) is 0.556. The van der Waals surface area contributed by atoms with Gasteiger partial charge >= 0.3 is 0 Å². The number of hydrogen-bond donors (Lipinski definition) is 1. The lowest BCUT2D eigenvalue weighted by Gasteiger charge is -2.31. The molecule has 118 valence electrons. The van der Waals surface area contributed by atoms with Crippen LogP contribution >= 0.6 is 0 Å². The van der Waals surface area contributed by atoms with Gasteiger partial charge in [-0.15, -0.1) is 0 Å². The van der Waals surface area contributed by atoms with E-state index in [1.54, 1.807) is 0 Å². The van der Waals surface area contributed by atoms with Crippen molar-refractivity contribution in [3.63, 3.8) is 0 Å². The Kier molecular flexibility index (Phi) is 4.46. The van der Waals surface area contributed by atoms with Gasteiger partial charge in [-0.1, -0.05) is 18.9 Å². The van der Waals surface area contributed by atoms with E-state index in [-0.39, 0.29) is 5.91 Å². The molecule has 3 rings (SSSR count). The highest BCUT2D eigenvalue weighted by Gasteiger charge is 2.31. The first-order valence-electron chi connectivity index (χ1n) is 8.28. The number of benzene rings is 1. The van der Waals surface area contributed by atoms with Crippen molar-refractivity contribution < 1.29 is 14.7 Å². The summed E-state index contributed by atoms with van der Waals surface area (Å²) in [5.41, 5.74) is 3.46. The number of aryl methyl sites for hydroxylation is 2. The first kappa shape index (κ1) is 15.1. The number of rotatable bonds is 3. The molecule has 1 saturated carbocycles. The van der Waals surface area contributed by atoms with E-state index < -0.39 is 17.8 Å². The molecule has 2 atom stereocenters. The summed E-state index contributed by atoms with van der Waals surface area (Å²) in [6.45, 7) is 0. The number of aliphatic carboxylic acids is 1. The summed E-state index contributed by atoms with van der Waals surface area (Å²) in [6, 6.07) is 6.06. The Hall–Kier alpha value is -1.84. The summed E-state index contributed by atoms with van der Waals surface area (Å²) in [4.78, 5) is 23.7. The van der Waals surface area contributed by atoms with E-state index in [1.165, 1.54) is 24.0 Å². The molecule has 0 spiro atoms. The highest BCUT2D eigenvalue weighted by atomic mass is 16.4. The topological polar surface area (TPSA) is 69.2 Å². The number of nitrogens with one attached hydrogen (secondary N) is 1. The van der Waals surface area contributed by atoms with Gasteiger partial charge in [0.1, 0.15) is 0 Å². The van der Waals surface area contributed by atoms with Crippen molar-refractivity contribution in [3.8, 4) is 0 Å². The Morgan fingerprint density at radius 1 is 0.955 bits per heavy atom. The number of carboxylic acids is 1. The van der Waals surface area contributed by atoms with Crippen molar-refractivity contribution in [2.45, 2.75) is 51.4 Å². The monoisotopic (exact) mass is 300 g/mol. The standard InChI is InChI=1S/C18H23NO3/c20-17(15-7-3-4-8-16(15)18(21)22)19-14-10-9-12-5-1-2-6-13(12)11-14/h9-11,15-16H,1-8H2,(H,19,20)(H,21,22)/p-1/t15-,16-/m1/s1. The molecule has 2 aliphatic rings. The van der Waals surface area contributed by atoms with Gasteiger partial charge in [-0.25, -0.2) is 0 Å². The molecular formula is C18H22NO3-. The van der Waals surface area contributed by atoms with Gasteiger partial charge < -0.3 is 15.2 Å². The molecule has 1 fully saturated rings. The van der Waals surface area contributed by atoms with Crippen molar-refractivity contribution in [1.82, 2.24) is 0 Å². The van der Waals surface area contributed by atoms with Gasteiger partial charge in [-0.05, 0) is 61.8 Å².